The van der Waals surface area contributed by atoms with Crippen LogP contribution in [0.25, 0.3) is 0 Å². The zero-order valence-corrected chi connectivity index (χ0v) is 21.4. The van der Waals surface area contributed by atoms with Gasteiger partial charge < -0.3 is 29.0 Å². The lowest BCUT2D eigenvalue weighted by Crippen LogP contribution is -2.18. The molecule has 0 unspecified atom stereocenters. The van der Waals surface area contributed by atoms with Crippen LogP contribution in [0.4, 0.5) is 16.2 Å². The van der Waals surface area contributed by atoms with Crippen molar-refractivity contribution in [3.8, 4) is 0 Å². The van der Waals surface area contributed by atoms with Crippen molar-refractivity contribution in [3.63, 3.8) is 0 Å². The summed E-state index contributed by atoms with van der Waals surface area (Å²) in [7, 11) is 1.22. The van der Waals surface area contributed by atoms with Crippen LogP contribution in [0.3, 0.4) is 0 Å². The number of carbonyl (C=O) groups excluding carboxylic acids is 6. The van der Waals surface area contributed by atoms with E-state index < -0.39 is 43.2 Å². The number of amides is 2. The first-order chi connectivity index (χ1) is 18.7. The summed E-state index contributed by atoms with van der Waals surface area (Å²) in [5, 5.41) is 4.99. The summed E-state index contributed by atoms with van der Waals surface area (Å²) in [6, 6.07) is 11.7. The van der Waals surface area contributed by atoms with E-state index in [9.17, 15) is 28.8 Å². The first-order valence-corrected chi connectivity index (χ1v) is 11.7. The van der Waals surface area contributed by atoms with Crippen LogP contribution in [0, 0.1) is 0 Å². The molecular weight excluding hydrogens is 516 g/mol. The Morgan fingerprint density at radius 3 is 1.41 bits per heavy atom. The summed E-state index contributed by atoms with van der Waals surface area (Å²) >= 11 is 0. The molecule has 0 saturated carbocycles. The van der Waals surface area contributed by atoms with E-state index >= 15 is 0 Å². The third-order valence-electron chi connectivity index (χ3n) is 4.70. The monoisotopic (exact) mass is 544 g/mol. The van der Waals surface area contributed by atoms with E-state index in [0.717, 1.165) is 0 Å². The Morgan fingerprint density at radius 1 is 0.615 bits per heavy atom. The summed E-state index contributed by atoms with van der Waals surface area (Å²) in [4.78, 5) is 69.6. The molecule has 0 aliphatic heterocycles. The van der Waals surface area contributed by atoms with Crippen LogP contribution in [0.15, 0.2) is 48.5 Å². The van der Waals surface area contributed by atoms with Crippen LogP contribution in [-0.4, -0.2) is 69.4 Å². The normalized spacial score (nSPS) is 10.0. The maximum Gasteiger partial charge on any atom is 0.411 e. The van der Waals surface area contributed by atoms with Crippen molar-refractivity contribution in [1.29, 1.82) is 0 Å². The second-order valence-electron chi connectivity index (χ2n) is 7.75. The lowest BCUT2D eigenvalue weighted by Gasteiger charge is -2.08. The van der Waals surface area contributed by atoms with Crippen LogP contribution in [-0.2, 0) is 38.1 Å². The van der Waals surface area contributed by atoms with E-state index in [-0.39, 0.29) is 30.2 Å². The predicted molar refractivity (Wildman–Crippen MR) is 135 cm³/mol. The molecule has 0 bridgehead atoms. The van der Waals surface area contributed by atoms with Crippen molar-refractivity contribution in [1.82, 2.24) is 0 Å². The molecule has 0 aliphatic carbocycles. The molecule has 208 valence electrons. The number of unbranched alkanes of at least 4 members (excludes halogenated alkanes) is 1. The second-order valence-corrected chi connectivity index (χ2v) is 7.75. The second kappa shape index (κ2) is 16.0. The number of hydrogen-bond acceptors (Lipinski definition) is 11. The first kappa shape index (κ1) is 30.3. The molecular formula is C26H28N2O11. The quantitative estimate of drug-likeness (QED) is 0.216. The maximum absolute atomic E-state index is 12.0. The van der Waals surface area contributed by atoms with Crippen molar-refractivity contribution >= 4 is 47.3 Å². The van der Waals surface area contributed by atoms with Crippen molar-refractivity contribution in [3.05, 3.63) is 59.7 Å². The van der Waals surface area contributed by atoms with Crippen LogP contribution in [0.5, 0.6) is 0 Å². The van der Waals surface area contributed by atoms with Gasteiger partial charge in [-0.1, -0.05) is 0 Å². The molecule has 0 aromatic heterocycles. The van der Waals surface area contributed by atoms with Gasteiger partial charge in [0.05, 0.1) is 31.5 Å². The van der Waals surface area contributed by atoms with Gasteiger partial charge in [-0.05, 0) is 61.4 Å². The minimum atomic E-state index is -0.749. The number of ether oxygens (including phenoxy) is 5. The zero-order chi connectivity index (χ0) is 28.6. The number of anilines is 2. The van der Waals surface area contributed by atoms with E-state index in [1.165, 1.54) is 62.6 Å². The highest BCUT2D eigenvalue weighted by molar-refractivity contribution is 5.93. The van der Waals surface area contributed by atoms with E-state index in [0.29, 0.717) is 24.2 Å². The first-order valence-electron chi connectivity index (χ1n) is 11.7. The Bertz CT molecular complexity index is 1160. The molecule has 0 radical (unpaired) electrons. The molecule has 2 aromatic carbocycles. The summed E-state index contributed by atoms with van der Waals surface area (Å²) in [6.45, 7) is 0.244. The maximum atomic E-state index is 12.0. The Hall–Kier alpha value is -4.94. The average molecular weight is 545 g/mol. The Labute approximate surface area is 223 Å². The number of carbonyl (C=O) groups is 6. The van der Waals surface area contributed by atoms with Crippen LogP contribution in [0.1, 0.15) is 40.5 Å². The van der Waals surface area contributed by atoms with Gasteiger partial charge in [-0.2, -0.15) is 0 Å². The Morgan fingerprint density at radius 2 is 1.03 bits per heavy atom. The lowest BCUT2D eigenvalue weighted by molar-refractivity contribution is -0.149. The fraction of sp³-hybridized carbons (Fsp3) is 0.308. The van der Waals surface area contributed by atoms with Crippen LogP contribution >= 0.6 is 0 Å². The highest BCUT2D eigenvalue weighted by atomic mass is 16.6. The minimum absolute atomic E-state index is 0.0191. The van der Waals surface area contributed by atoms with Crippen LogP contribution in [0.2, 0.25) is 0 Å². The summed E-state index contributed by atoms with van der Waals surface area (Å²) in [6.07, 6.45) is 0.0992. The van der Waals surface area contributed by atoms with Crippen molar-refractivity contribution < 1.29 is 52.5 Å². The number of hydrogen-bond donors (Lipinski definition) is 2. The van der Waals surface area contributed by atoms with Gasteiger partial charge in [0.2, 0.25) is 5.91 Å². The van der Waals surface area contributed by atoms with E-state index in [4.69, 9.17) is 18.9 Å². The molecule has 39 heavy (non-hydrogen) atoms. The number of rotatable bonds is 13. The van der Waals surface area contributed by atoms with Gasteiger partial charge in [0.25, 0.3) is 0 Å². The number of esters is 4. The summed E-state index contributed by atoms with van der Waals surface area (Å²) in [5.74, 6) is -3.20. The number of methoxy groups -OCH3 is 1. The van der Waals surface area contributed by atoms with E-state index in [1.807, 2.05) is 0 Å². The zero-order valence-electron chi connectivity index (χ0n) is 21.4. The summed E-state index contributed by atoms with van der Waals surface area (Å²) in [5.41, 5.74) is 1.31. The molecule has 0 fully saturated rings. The molecule has 0 aliphatic rings. The molecule has 13 heteroatoms. The third kappa shape index (κ3) is 11.8. The van der Waals surface area contributed by atoms with Gasteiger partial charge in [-0.15, -0.1) is 0 Å². The minimum Gasteiger partial charge on any atom is -0.463 e. The largest absolute Gasteiger partial charge is 0.463 e. The fourth-order valence-electron chi connectivity index (χ4n) is 2.83. The van der Waals surface area contributed by atoms with Gasteiger partial charge in [0, 0.05) is 18.3 Å². The molecule has 2 amide bonds. The van der Waals surface area contributed by atoms with Gasteiger partial charge in [-0.25, -0.2) is 24.0 Å². The molecule has 0 atom stereocenters. The molecule has 13 nitrogen and oxygen atoms in total. The van der Waals surface area contributed by atoms with Gasteiger partial charge in [-0.3, -0.25) is 10.1 Å². The number of nitrogens with one attached hydrogen (secondary N) is 2. The Balaban J connectivity index is 1.54. The van der Waals surface area contributed by atoms with Gasteiger partial charge in [0.15, 0.2) is 13.2 Å². The highest BCUT2D eigenvalue weighted by Crippen LogP contribution is 2.12. The topological polar surface area (TPSA) is 173 Å². The molecule has 2 N–H and O–H groups in total. The van der Waals surface area contributed by atoms with E-state index in [2.05, 4.69) is 15.4 Å². The fourth-order valence-corrected chi connectivity index (χ4v) is 2.83. The standard InChI is InChI=1S/C26H28N2O11/c1-17(29)27-20-9-5-18(6-10-20)24(32)38-15-22(30)36-13-3-4-14-37-23(31)16-39-25(33)19-7-11-21(12-8-19)28-26(34)35-2/h5-12H,3-4,13-16H2,1-2H3,(H,27,29)(H,28,34). The number of benzene rings is 2. The molecule has 0 saturated heterocycles. The van der Waals surface area contributed by atoms with Crippen molar-refractivity contribution in [2.45, 2.75) is 19.8 Å². The average Bonchev–Trinajstić information content (AvgIpc) is 2.92. The summed E-state index contributed by atoms with van der Waals surface area (Å²) < 4.78 is 24.2. The lowest BCUT2D eigenvalue weighted by atomic mass is 10.2. The van der Waals surface area contributed by atoms with E-state index in [1.54, 1.807) is 0 Å². The van der Waals surface area contributed by atoms with Crippen molar-refractivity contribution in [2.24, 2.45) is 0 Å². The SMILES string of the molecule is COC(=O)Nc1ccc(C(=O)OCC(=O)OCCCCOC(=O)COC(=O)c2ccc(NC(C)=O)cc2)cc1. The molecule has 2 rings (SSSR count). The molecule has 2 aromatic rings. The smallest absolute Gasteiger partial charge is 0.411 e. The van der Waals surface area contributed by atoms with Crippen LogP contribution < -0.4 is 10.6 Å². The predicted octanol–water partition coefficient (Wildman–Crippen LogP) is 2.70. The van der Waals surface area contributed by atoms with Gasteiger partial charge in [0.1, 0.15) is 0 Å². The molecule has 0 spiro atoms. The third-order valence-corrected chi connectivity index (χ3v) is 4.70. The van der Waals surface area contributed by atoms with Crippen molar-refractivity contribution in [2.75, 3.05) is 44.2 Å². The Kier molecular flexibility index (Phi) is 12.4. The highest BCUT2D eigenvalue weighted by Gasteiger charge is 2.13. The molecule has 0 heterocycles. The van der Waals surface area contributed by atoms with Gasteiger partial charge >= 0.3 is 30.0 Å².